The molecule has 0 radical (unpaired) electrons. The molecule has 20 heteroatoms. The lowest BCUT2D eigenvalue weighted by atomic mass is 10.2. The smallest absolute Gasteiger partial charge is 0.238 e. The minimum atomic E-state index is -2.19. The lowest BCUT2D eigenvalue weighted by molar-refractivity contribution is 0.399. The van der Waals surface area contributed by atoms with Gasteiger partial charge in [-0.15, -0.1) is 0 Å². The number of halogens is 7. The van der Waals surface area contributed by atoms with Crippen LogP contribution in [0.15, 0.2) is 71.3 Å². The molecule has 0 saturated carbocycles. The highest BCUT2D eigenvalue weighted by Gasteiger charge is 2.28. The lowest BCUT2D eigenvalue weighted by Crippen LogP contribution is -2.32. The summed E-state index contributed by atoms with van der Waals surface area (Å²) in [6.07, 6.45) is 0. The number of fused-ring (bicyclic) bond motifs is 3. The number of hydrogen-bond acceptors (Lipinski definition) is 11. The van der Waals surface area contributed by atoms with Crippen molar-refractivity contribution >= 4 is 11.3 Å². The fourth-order valence-corrected chi connectivity index (χ4v) is 4.91. The number of allylic oxidation sites excluding steroid dienone is 2. The molecule has 248 valence electrons. The van der Waals surface area contributed by atoms with Crippen LogP contribution >= 0.6 is 0 Å². The third-order valence-corrected chi connectivity index (χ3v) is 7.43. The highest BCUT2D eigenvalue weighted by molar-refractivity contribution is 5.78. The number of nitrogens with zero attached hydrogens (tertiary/aromatic N) is 13. The summed E-state index contributed by atoms with van der Waals surface area (Å²) in [4.78, 5) is 42.0. The van der Waals surface area contributed by atoms with Gasteiger partial charge >= 0.3 is 5.70 Å². The largest absolute Gasteiger partial charge is 0.305 e. The SMILES string of the molecule is [C-]#[N+]C(=C1N=c2c(F)c(F)c(F)c(F)c2=N1)c1nc(/C(C#N)=C2/N=c3c(F)c(C)c(F)c(F)c3=N2)nc(-c2ccc3c(c2)=N/C(=C(\C#N)[N+]#[C-])N=3)n1. The molecule has 3 aliphatic rings. The van der Waals surface area contributed by atoms with E-state index in [1.807, 2.05) is 0 Å². The Morgan fingerprint density at radius 2 is 1.15 bits per heavy atom. The summed E-state index contributed by atoms with van der Waals surface area (Å²) in [5, 5.41) is 16.0. The van der Waals surface area contributed by atoms with Crippen molar-refractivity contribution in [3.05, 3.63) is 154 Å². The van der Waals surface area contributed by atoms with Gasteiger partial charge in [-0.2, -0.15) is 5.26 Å². The first kappa shape index (κ1) is 32.7. The molecule has 0 saturated heterocycles. The molecular weight excluding hydrogens is 699 g/mol. The third kappa shape index (κ3) is 4.87. The van der Waals surface area contributed by atoms with Crippen LogP contribution in [-0.2, 0) is 0 Å². The van der Waals surface area contributed by atoms with E-state index >= 15 is 0 Å². The Hall–Kier alpha value is -7.84. The molecule has 0 spiro atoms. The average molecular weight is 705 g/mol. The number of hydrogen-bond donors (Lipinski definition) is 0. The predicted octanol–water partition coefficient (Wildman–Crippen LogP) is 2.33. The Morgan fingerprint density at radius 3 is 1.73 bits per heavy atom. The van der Waals surface area contributed by atoms with Gasteiger partial charge in [0.25, 0.3) is 5.70 Å². The van der Waals surface area contributed by atoms with Gasteiger partial charge in [0.2, 0.25) is 0 Å². The maximum Gasteiger partial charge on any atom is 0.305 e. The van der Waals surface area contributed by atoms with Crippen LogP contribution in [0.25, 0.3) is 32.3 Å². The summed E-state index contributed by atoms with van der Waals surface area (Å²) >= 11 is 0. The summed E-state index contributed by atoms with van der Waals surface area (Å²) in [5.41, 5.74) is -2.51. The lowest BCUT2D eigenvalue weighted by Gasteiger charge is -2.07. The van der Waals surface area contributed by atoms with Crippen molar-refractivity contribution < 1.29 is 30.7 Å². The van der Waals surface area contributed by atoms with Crippen LogP contribution < -0.4 is 32.1 Å². The van der Waals surface area contributed by atoms with Crippen molar-refractivity contribution in [1.82, 2.24) is 15.0 Å². The van der Waals surface area contributed by atoms with Crippen molar-refractivity contribution in [2.24, 2.45) is 30.0 Å². The molecule has 0 unspecified atom stereocenters. The van der Waals surface area contributed by atoms with Gasteiger partial charge in [-0.05, 0) is 25.1 Å². The van der Waals surface area contributed by atoms with E-state index in [-0.39, 0.29) is 27.9 Å². The van der Waals surface area contributed by atoms with Crippen LogP contribution in [0.1, 0.15) is 17.2 Å². The molecule has 0 fully saturated rings. The van der Waals surface area contributed by atoms with Crippen molar-refractivity contribution in [3.63, 3.8) is 0 Å². The predicted molar refractivity (Wildman–Crippen MR) is 155 cm³/mol. The Balaban J connectivity index is 1.52. The Bertz CT molecular complexity index is 2850. The zero-order valence-electron chi connectivity index (χ0n) is 25.2. The van der Waals surface area contributed by atoms with E-state index in [0.717, 1.165) is 6.92 Å². The van der Waals surface area contributed by atoms with Gasteiger partial charge in [-0.25, -0.2) is 90.6 Å². The molecule has 52 heavy (non-hydrogen) atoms. The van der Waals surface area contributed by atoms with E-state index in [9.17, 15) is 41.3 Å². The molecule has 4 aromatic rings. The second-order valence-electron chi connectivity index (χ2n) is 10.4. The third-order valence-electron chi connectivity index (χ3n) is 7.43. The molecule has 0 bridgehead atoms. The number of rotatable bonds is 3. The van der Waals surface area contributed by atoms with Crippen molar-refractivity contribution in [2.45, 2.75) is 6.92 Å². The maximum atomic E-state index is 14.9. The first-order valence-electron chi connectivity index (χ1n) is 13.9. The van der Waals surface area contributed by atoms with Crippen LogP contribution in [0.5, 0.6) is 0 Å². The van der Waals surface area contributed by atoms with Crippen molar-refractivity contribution in [2.75, 3.05) is 0 Å². The maximum absolute atomic E-state index is 14.9. The first-order valence-corrected chi connectivity index (χ1v) is 13.9. The second-order valence-corrected chi connectivity index (χ2v) is 10.4. The van der Waals surface area contributed by atoms with Gasteiger partial charge in [0.15, 0.2) is 75.7 Å². The van der Waals surface area contributed by atoms with E-state index < -0.39 is 108 Å². The molecular formula is C32H6F7N13. The monoisotopic (exact) mass is 705 g/mol. The molecule has 0 atom stereocenters. The van der Waals surface area contributed by atoms with Gasteiger partial charge < -0.3 is 0 Å². The van der Waals surface area contributed by atoms with Crippen LogP contribution in [-0.4, -0.2) is 15.0 Å². The Kier molecular flexibility index (Phi) is 7.51. The summed E-state index contributed by atoms with van der Waals surface area (Å²) in [6.45, 7) is 15.9. The molecule has 7 rings (SSSR count). The average Bonchev–Trinajstić information content (AvgIpc) is 3.90. The fraction of sp³-hybridized carbons (Fsp3) is 0.0312. The van der Waals surface area contributed by atoms with Crippen molar-refractivity contribution in [1.29, 1.82) is 10.5 Å². The minimum absolute atomic E-state index is 0.0741. The molecule has 3 aromatic carbocycles. The topological polar surface area (TPSA) is 169 Å². The quantitative estimate of drug-likeness (QED) is 0.105. The molecule has 4 heterocycles. The Morgan fingerprint density at radius 1 is 0.596 bits per heavy atom. The number of nitriles is 2. The molecule has 13 nitrogen and oxygen atoms in total. The number of benzene rings is 3. The summed E-state index contributed by atoms with van der Waals surface area (Å²) in [6, 6.07) is 7.47. The van der Waals surface area contributed by atoms with E-state index in [1.165, 1.54) is 18.2 Å². The first-order chi connectivity index (χ1) is 24.9. The standard InChI is InChI=1S/C32H6F7N13/c1-9-15(33)19(37)23-22(16(9)34)46-28(47-23)11(7-40)29-50-27(10-4-5-12-13(6-10)45-30(44-12)14(8-41)42-2)51-32(52-29)26(43-3)31-48-24-20(38)17(35)18(36)21(39)25(24)49-31/h4-6H,1H3/b28-11-,30-14+. The minimum Gasteiger partial charge on any atom is -0.238 e. The van der Waals surface area contributed by atoms with E-state index in [2.05, 4.69) is 54.6 Å². The summed E-state index contributed by atoms with van der Waals surface area (Å²) < 4.78 is 101. The van der Waals surface area contributed by atoms with Crippen LogP contribution in [0, 0.1) is 83.5 Å². The van der Waals surface area contributed by atoms with Crippen LogP contribution in [0.3, 0.4) is 0 Å². The number of aromatic nitrogens is 3. The second kappa shape index (κ2) is 11.9. The molecule has 3 aliphatic heterocycles. The Labute approximate surface area is 282 Å². The van der Waals surface area contributed by atoms with Gasteiger partial charge in [0, 0.05) is 11.1 Å². The van der Waals surface area contributed by atoms with Gasteiger partial charge in [-0.1, -0.05) is 0 Å². The van der Waals surface area contributed by atoms with Crippen LogP contribution in [0.2, 0.25) is 0 Å². The zero-order chi connectivity index (χ0) is 37.2. The normalized spacial score (nSPS) is 15.0. The van der Waals surface area contributed by atoms with Gasteiger partial charge in [0.1, 0.15) is 33.1 Å². The van der Waals surface area contributed by atoms with Gasteiger partial charge in [-0.3, -0.25) is 0 Å². The summed E-state index contributed by atoms with van der Waals surface area (Å²) in [7, 11) is 0. The van der Waals surface area contributed by atoms with E-state index in [4.69, 9.17) is 13.1 Å². The highest BCUT2D eigenvalue weighted by atomic mass is 19.2. The molecule has 0 aliphatic carbocycles. The van der Waals surface area contributed by atoms with E-state index in [1.54, 1.807) is 12.1 Å². The molecule has 0 amide bonds. The summed E-state index contributed by atoms with van der Waals surface area (Å²) in [5.74, 6) is -15.9. The van der Waals surface area contributed by atoms with Crippen LogP contribution in [0.4, 0.5) is 30.7 Å². The van der Waals surface area contributed by atoms with Crippen molar-refractivity contribution in [3.8, 4) is 23.5 Å². The van der Waals surface area contributed by atoms with Gasteiger partial charge in [0.05, 0.1) is 29.9 Å². The highest BCUT2D eigenvalue weighted by Crippen LogP contribution is 2.27. The van der Waals surface area contributed by atoms with E-state index in [0.29, 0.717) is 0 Å². The molecule has 0 N–H and O–H groups in total. The molecule has 1 aromatic heterocycles. The fourth-order valence-electron chi connectivity index (χ4n) is 4.91. The zero-order valence-corrected chi connectivity index (χ0v) is 25.2.